The molecule has 11 heteroatoms. The van der Waals surface area contributed by atoms with Crippen LogP contribution >= 0.6 is 0 Å². The fourth-order valence-corrected chi connectivity index (χ4v) is 3.22. The monoisotopic (exact) mass is 404 g/mol. The van der Waals surface area contributed by atoms with E-state index in [2.05, 4.69) is 25.3 Å². The van der Waals surface area contributed by atoms with E-state index in [9.17, 15) is 18.0 Å². The molecule has 4 rings (SSSR count). The molecule has 0 unspecified atom stereocenters. The molecule has 0 spiro atoms. The Kier molecular flexibility index (Phi) is 4.65. The van der Waals surface area contributed by atoms with Gasteiger partial charge in [0.15, 0.2) is 5.82 Å². The molecule has 3 aromatic heterocycles. The number of pyridine rings is 2. The van der Waals surface area contributed by atoms with E-state index in [0.29, 0.717) is 47.6 Å². The number of amides is 1. The molecule has 1 amide bonds. The molecule has 1 saturated heterocycles. The number of carboxylic acid groups (broad SMARTS) is 1. The van der Waals surface area contributed by atoms with Gasteiger partial charge < -0.3 is 15.3 Å². The van der Waals surface area contributed by atoms with Crippen LogP contribution in [0, 0.1) is 0 Å². The summed E-state index contributed by atoms with van der Waals surface area (Å²) in [7, 11) is 0. The molecule has 4 heterocycles. The number of hydrogen-bond donors (Lipinski definition) is 2. The van der Waals surface area contributed by atoms with Gasteiger partial charge >= 0.3 is 12.3 Å². The van der Waals surface area contributed by atoms with E-state index >= 15 is 0 Å². The second kappa shape index (κ2) is 7.15. The molecule has 8 nitrogen and oxygen atoms in total. The summed E-state index contributed by atoms with van der Waals surface area (Å²) in [6, 6.07) is 2.09. The van der Waals surface area contributed by atoms with Crippen molar-refractivity contribution in [3.63, 3.8) is 0 Å². The van der Waals surface area contributed by atoms with Crippen molar-refractivity contribution in [2.24, 2.45) is 0 Å². The average Bonchev–Trinajstić information content (AvgIpc) is 3.17. The van der Waals surface area contributed by atoms with Crippen LogP contribution in [0.15, 0.2) is 36.9 Å². The number of anilines is 1. The maximum Gasteiger partial charge on any atom is 0.417 e. The Morgan fingerprint density at radius 3 is 2.48 bits per heavy atom. The molecule has 150 valence electrons. The van der Waals surface area contributed by atoms with Gasteiger partial charge in [-0.1, -0.05) is 0 Å². The molecule has 1 aliphatic heterocycles. The first-order valence-electron chi connectivity index (χ1n) is 8.70. The van der Waals surface area contributed by atoms with E-state index in [1.807, 2.05) is 0 Å². The maximum atomic E-state index is 12.8. The topological polar surface area (TPSA) is 104 Å². The van der Waals surface area contributed by atoms with Crippen LogP contribution in [0.1, 0.15) is 12.0 Å². The van der Waals surface area contributed by atoms with Gasteiger partial charge in [0.2, 0.25) is 0 Å². The summed E-state index contributed by atoms with van der Waals surface area (Å²) in [6.07, 6.45) is 0.374. The van der Waals surface area contributed by atoms with Crippen molar-refractivity contribution in [1.82, 2.24) is 24.8 Å². The number of nitrogens with zero attached hydrogens (tertiary/aromatic N) is 5. The van der Waals surface area contributed by atoms with Crippen molar-refractivity contribution in [3.05, 3.63) is 42.5 Å². The van der Waals surface area contributed by atoms with E-state index in [-0.39, 0.29) is 6.04 Å². The second-order valence-corrected chi connectivity index (χ2v) is 6.56. The quantitative estimate of drug-likeness (QED) is 0.690. The third-order valence-electron chi connectivity index (χ3n) is 4.67. The Balaban J connectivity index is 1.66. The lowest BCUT2D eigenvalue weighted by Crippen LogP contribution is -2.30. The lowest BCUT2D eigenvalue weighted by atomic mass is 10.1. The Morgan fingerprint density at radius 2 is 1.86 bits per heavy atom. The highest BCUT2D eigenvalue weighted by Crippen LogP contribution is 2.32. The Morgan fingerprint density at radius 1 is 1.10 bits per heavy atom. The maximum absolute atomic E-state index is 12.8. The number of rotatable bonds is 3. The van der Waals surface area contributed by atoms with Gasteiger partial charge in [-0.2, -0.15) is 13.2 Å². The van der Waals surface area contributed by atoms with E-state index in [1.54, 1.807) is 0 Å². The average molecular weight is 404 g/mol. The minimum atomic E-state index is -4.47. The van der Waals surface area contributed by atoms with Gasteiger partial charge in [-0.05, 0) is 18.6 Å². The molecular formula is C18H15F3N6O2. The highest BCUT2D eigenvalue weighted by atomic mass is 19.4. The van der Waals surface area contributed by atoms with Gasteiger partial charge in [-0.25, -0.2) is 14.8 Å². The number of halogens is 3. The summed E-state index contributed by atoms with van der Waals surface area (Å²) < 4.78 is 38.3. The fraction of sp³-hybridized carbons (Fsp3) is 0.278. The Hall–Kier alpha value is -3.50. The fourth-order valence-electron chi connectivity index (χ4n) is 3.22. The van der Waals surface area contributed by atoms with Gasteiger partial charge in [0, 0.05) is 49.5 Å². The highest BCUT2D eigenvalue weighted by molar-refractivity contribution is 5.95. The number of carbonyl (C=O) groups is 1. The third-order valence-corrected chi connectivity index (χ3v) is 4.67. The van der Waals surface area contributed by atoms with Gasteiger partial charge in [-0.15, -0.1) is 0 Å². The van der Waals surface area contributed by atoms with E-state index in [4.69, 9.17) is 5.11 Å². The molecule has 1 atom stereocenters. The van der Waals surface area contributed by atoms with Crippen LogP contribution < -0.4 is 5.32 Å². The normalized spacial score (nSPS) is 16.9. The number of aromatic nitrogens is 4. The lowest BCUT2D eigenvalue weighted by molar-refractivity contribution is -0.137. The SMILES string of the molecule is O=C(O)N1CC[C@H](Nc2ncc(-c3ccc(C(F)(F)F)cn3)c3nccnc23)C1. The number of hydrogen-bond acceptors (Lipinski definition) is 6. The highest BCUT2D eigenvalue weighted by Gasteiger charge is 2.31. The second-order valence-electron chi connectivity index (χ2n) is 6.56. The number of fused-ring (bicyclic) bond motifs is 1. The van der Waals surface area contributed by atoms with Gasteiger partial charge in [0.05, 0.1) is 11.3 Å². The van der Waals surface area contributed by atoms with Gasteiger partial charge in [0.1, 0.15) is 11.0 Å². The predicted octanol–water partition coefficient (Wildman–Crippen LogP) is 3.27. The van der Waals surface area contributed by atoms with Crippen molar-refractivity contribution in [2.45, 2.75) is 18.6 Å². The summed E-state index contributed by atoms with van der Waals surface area (Å²) in [5.41, 5.74) is 0.768. The van der Waals surface area contributed by atoms with E-state index in [1.165, 1.54) is 29.6 Å². The Labute approximate surface area is 162 Å². The molecule has 0 aliphatic carbocycles. The first-order valence-corrected chi connectivity index (χ1v) is 8.70. The molecule has 0 bridgehead atoms. The van der Waals surface area contributed by atoms with Gasteiger partial charge in [0.25, 0.3) is 0 Å². The van der Waals surface area contributed by atoms with Crippen LogP contribution in [-0.4, -0.2) is 55.2 Å². The van der Waals surface area contributed by atoms with Crippen LogP contribution in [0.4, 0.5) is 23.8 Å². The van der Waals surface area contributed by atoms with Crippen molar-refractivity contribution < 1.29 is 23.1 Å². The van der Waals surface area contributed by atoms with Crippen LogP contribution in [0.25, 0.3) is 22.3 Å². The summed E-state index contributed by atoms with van der Waals surface area (Å²) in [4.78, 5) is 29.2. The summed E-state index contributed by atoms with van der Waals surface area (Å²) in [5.74, 6) is 0.431. The lowest BCUT2D eigenvalue weighted by Gasteiger charge is -2.16. The van der Waals surface area contributed by atoms with Crippen molar-refractivity contribution in [3.8, 4) is 11.3 Å². The molecule has 1 aliphatic rings. The summed E-state index contributed by atoms with van der Waals surface area (Å²) in [6.45, 7) is 0.741. The smallest absolute Gasteiger partial charge is 0.417 e. The van der Waals surface area contributed by atoms with Crippen LogP contribution in [-0.2, 0) is 6.18 Å². The van der Waals surface area contributed by atoms with Crippen LogP contribution in [0.5, 0.6) is 0 Å². The zero-order valence-corrected chi connectivity index (χ0v) is 14.9. The van der Waals surface area contributed by atoms with E-state index in [0.717, 1.165) is 12.3 Å². The molecular weight excluding hydrogens is 389 g/mol. The molecule has 1 fully saturated rings. The van der Waals surface area contributed by atoms with Crippen LogP contribution in [0.3, 0.4) is 0 Å². The molecule has 3 aromatic rings. The molecule has 0 aromatic carbocycles. The first kappa shape index (κ1) is 18.8. The number of alkyl halides is 3. The first-order chi connectivity index (χ1) is 13.8. The van der Waals surface area contributed by atoms with Gasteiger partial charge in [-0.3, -0.25) is 9.97 Å². The number of likely N-dealkylation sites (tertiary alicyclic amines) is 1. The zero-order valence-electron chi connectivity index (χ0n) is 14.9. The molecule has 2 N–H and O–H groups in total. The van der Waals surface area contributed by atoms with Crippen molar-refractivity contribution in [2.75, 3.05) is 18.4 Å². The van der Waals surface area contributed by atoms with Crippen LogP contribution in [0.2, 0.25) is 0 Å². The zero-order chi connectivity index (χ0) is 20.6. The predicted molar refractivity (Wildman–Crippen MR) is 97.2 cm³/mol. The molecule has 0 saturated carbocycles. The molecule has 0 radical (unpaired) electrons. The van der Waals surface area contributed by atoms with Crippen molar-refractivity contribution in [1.29, 1.82) is 0 Å². The minimum absolute atomic E-state index is 0.126. The van der Waals surface area contributed by atoms with Crippen molar-refractivity contribution >= 4 is 22.9 Å². The standard InChI is InChI=1S/C18H15F3N6O2/c19-18(20,21)10-1-2-13(24-7-10)12-8-25-16(15-14(12)22-4-5-23-15)26-11-3-6-27(9-11)17(28)29/h1-2,4-5,7-8,11H,3,6,9H2,(H,25,26)(H,28,29)/t11-/m0/s1. The van der Waals surface area contributed by atoms with E-state index < -0.39 is 17.8 Å². The number of nitrogens with one attached hydrogen (secondary N) is 1. The largest absolute Gasteiger partial charge is 0.465 e. The minimum Gasteiger partial charge on any atom is -0.465 e. The summed E-state index contributed by atoms with van der Waals surface area (Å²) >= 11 is 0. The molecule has 29 heavy (non-hydrogen) atoms. The summed E-state index contributed by atoms with van der Waals surface area (Å²) in [5, 5.41) is 12.3. The Bertz CT molecular complexity index is 1060. The third kappa shape index (κ3) is 3.75.